The highest BCUT2D eigenvalue weighted by atomic mass is 27.0. The van der Waals surface area contributed by atoms with Crippen molar-refractivity contribution < 1.29 is 9.53 Å². The monoisotopic (exact) mass is 118 g/mol. The summed E-state index contributed by atoms with van der Waals surface area (Å²) >= 11 is 0. The lowest BCUT2D eigenvalue weighted by atomic mass is 10.5. The van der Waals surface area contributed by atoms with Gasteiger partial charge in [0, 0.05) is 13.5 Å². The zero-order chi connectivity index (χ0) is 4.83. The van der Waals surface area contributed by atoms with Crippen molar-refractivity contribution >= 4 is 23.6 Å². The smallest absolute Gasteiger partial charge is 0.187 e. The van der Waals surface area contributed by atoms with Crippen molar-refractivity contribution in [1.29, 1.82) is 0 Å². The minimum Gasteiger partial charge on any atom is -0.384 e. The molecule has 0 aliphatic heterocycles. The van der Waals surface area contributed by atoms with Gasteiger partial charge in [-0.15, -0.1) is 0 Å². The van der Waals surface area contributed by atoms with E-state index < -0.39 is 0 Å². The molecule has 0 saturated heterocycles. The Kier molecular flexibility index (Phi) is 13.8. The fourth-order valence-corrected chi connectivity index (χ4v) is 0.166. The number of aldehydes is 1. The fraction of sp³-hybridized carbons (Fsp3) is 0.750. The highest BCUT2D eigenvalue weighted by molar-refractivity contribution is 5.75. The van der Waals surface area contributed by atoms with E-state index in [2.05, 4.69) is 4.74 Å². The molecular weight excluding hydrogens is 107 g/mol. The third-order valence-corrected chi connectivity index (χ3v) is 0.440. The molecule has 0 heterocycles. The van der Waals surface area contributed by atoms with Crippen molar-refractivity contribution in [3.63, 3.8) is 0 Å². The standard InChI is InChI=1S/C4H8O2.Al.3H/c1-6-4-2-3-5;;;;/h3H,2,4H2,1H3;;;;. The third kappa shape index (κ3) is 10.7. The quantitative estimate of drug-likeness (QED) is 0.271. The molecule has 0 aromatic rings. The van der Waals surface area contributed by atoms with Crippen molar-refractivity contribution in [3.05, 3.63) is 0 Å². The van der Waals surface area contributed by atoms with E-state index in [1.807, 2.05) is 0 Å². The summed E-state index contributed by atoms with van der Waals surface area (Å²) in [5, 5.41) is 0. The van der Waals surface area contributed by atoms with Crippen LogP contribution in [0.2, 0.25) is 0 Å². The maximum Gasteiger partial charge on any atom is 0.187 e. The van der Waals surface area contributed by atoms with Gasteiger partial charge in [-0.2, -0.15) is 0 Å². The van der Waals surface area contributed by atoms with Gasteiger partial charge in [-0.05, 0) is 0 Å². The summed E-state index contributed by atoms with van der Waals surface area (Å²) in [5.41, 5.74) is 0. The molecule has 0 radical (unpaired) electrons. The Balaban J connectivity index is 0. The van der Waals surface area contributed by atoms with Gasteiger partial charge in [-0.1, -0.05) is 0 Å². The maximum atomic E-state index is 9.48. The topological polar surface area (TPSA) is 26.3 Å². The largest absolute Gasteiger partial charge is 0.384 e. The molecule has 0 bridgehead atoms. The number of rotatable bonds is 3. The van der Waals surface area contributed by atoms with Gasteiger partial charge in [-0.25, -0.2) is 0 Å². The highest BCUT2D eigenvalue weighted by Gasteiger charge is 1.74. The Morgan fingerprint density at radius 2 is 2.29 bits per heavy atom. The molecule has 0 fully saturated rings. The van der Waals surface area contributed by atoms with E-state index in [9.17, 15) is 4.79 Å². The van der Waals surface area contributed by atoms with E-state index in [4.69, 9.17) is 0 Å². The van der Waals surface area contributed by atoms with Crippen LogP contribution in [0.3, 0.4) is 0 Å². The first-order chi connectivity index (χ1) is 2.91. The van der Waals surface area contributed by atoms with Crippen molar-refractivity contribution in [3.8, 4) is 0 Å². The average molecular weight is 118 g/mol. The molecule has 3 heteroatoms. The predicted molar refractivity (Wildman–Crippen MR) is 32.5 cm³/mol. The first-order valence-electron chi connectivity index (χ1n) is 1.84. The van der Waals surface area contributed by atoms with E-state index in [1.54, 1.807) is 7.11 Å². The van der Waals surface area contributed by atoms with Crippen LogP contribution >= 0.6 is 0 Å². The molecule has 0 saturated carbocycles. The van der Waals surface area contributed by atoms with Gasteiger partial charge in [0.2, 0.25) is 0 Å². The summed E-state index contributed by atoms with van der Waals surface area (Å²) in [5.74, 6) is 0. The third-order valence-electron chi connectivity index (χ3n) is 0.440. The summed E-state index contributed by atoms with van der Waals surface area (Å²) in [4.78, 5) is 9.48. The average Bonchev–Trinajstić information content (AvgIpc) is 1.61. The molecular formula is C4H11AlO2. The minimum absolute atomic E-state index is 0. The summed E-state index contributed by atoms with van der Waals surface area (Å²) in [6, 6.07) is 0. The number of ether oxygens (including phenoxy) is 1. The van der Waals surface area contributed by atoms with Gasteiger partial charge >= 0.3 is 0 Å². The molecule has 0 amide bonds. The normalized spacial score (nSPS) is 7.00. The van der Waals surface area contributed by atoms with Crippen LogP contribution < -0.4 is 0 Å². The second-order valence-electron chi connectivity index (χ2n) is 0.948. The molecule has 42 valence electrons. The van der Waals surface area contributed by atoms with Gasteiger partial charge in [0.05, 0.1) is 6.61 Å². The molecule has 0 aromatic heterocycles. The van der Waals surface area contributed by atoms with E-state index in [0.29, 0.717) is 13.0 Å². The zero-order valence-electron chi connectivity index (χ0n) is 3.81. The Morgan fingerprint density at radius 3 is 2.43 bits per heavy atom. The molecule has 0 aliphatic rings. The van der Waals surface area contributed by atoms with E-state index in [0.717, 1.165) is 6.29 Å². The van der Waals surface area contributed by atoms with Crippen molar-refractivity contribution in [2.75, 3.05) is 13.7 Å². The van der Waals surface area contributed by atoms with Crippen LogP contribution in [0.4, 0.5) is 0 Å². The molecule has 0 N–H and O–H groups in total. The van der Waals surface area contributed by atoms with E-state index in [1.165, 1.54) is 0 Å². The van der Waals surface area contributed by atoms with Gasteiger partial charge < -0.3 is 9.53 Å². The predicted octanol–water partition coefficient (Wildman–Crippen LogP) is -0.962. The van der Waals surface area contributed by atoms with Gasteiger partial charge in [0.1, 0.15) is 6.29 Å². The molecule has 0 aliphatic carbocycles. The zero-order valence-corrected chi connectivity index (χ0v) is 3.81. The van der Waals surface area contributed by atoms with Gasteiger partial charge in [-0.3, -0.25) is 0 Å². The van der Waals surface area contributed by atoms with Crippen LogP contribution in [0.25, 0.3) is 0 Å². The van der Waals surface area contributed by atoms with Crippen LogP contribution in [0.15, 0.2) is 0 Å². The van der Waals surface area contributed by atoms with Crippen molar-refractivity contribution in [2.45, 2.75) is 6.42 Å². The number of hydrogen-bond donors (Lipinski definition) is 0. The lowest BCUT2D eigenvalue weighted by Crippen LogP contribution is -1.86. The van der Waals surface area contributed by atoms with Crippen LogP contribution in [0.5, 0.6) is 0 Å². The van der Waals surface area contributed by atoms with Crippen LogP contribution in [-0.4, -0.2) is 37.4 Å². The second kappa shape index (κ2) is 9.48. The second-order valence-corrected chi connectivity index (χ2v) is 0.948. The number of methoxy groups -OCH3 is 1. The highest BCUT2D eigenvalue weighted by Crippen LogP contribution is 1.68. The molecule has 0 spiro atoms. The van der Waals surface area contributed by atoms with Crippen molar-refractivity contribution in [1.82, 2.24) is 0 Å². The number of carbonyl (C=O) groups is 1. The van der Waals surface area contributed by atoms with Crippen molar-refractivity contribution in [2.24, 2.45) is 0 Å². The molecule has 0 aromatic carbocycles. The summed E-state index contributed by atoms with van der Waals surface area (Å²) in [6.07, 6.45) is 1.35. The molecule has 0 unspecified atom stereocenters. The minimum atomic E-state index is 0. The van der Waals surface area contributed by atoms with E-state index >= 15 is 0 Å². The van der Waals surface area contributed by atoms with Gasteiger partial charge in [0.25, 0.3) is 0 Å². The van der Waals surface area contributed by atoms with Crippen LogP contribution in [0, 0.1) is 0 Å². The summed E-state index contributed by atoms with van der Waals surface area (Å²) in [6.45, 7) is 0.545. The Bertz CT molecular complexity index is 38.7. The first-order valence-corrected chi connectivity index (χ1v) is 1.84. The molecule has 0 atom stereocenters. The molecule has 7 heavy (non-hydrogen) atoms. The number of carbonyl (C=O) groups excluding carboxylic acids is 1. The lowest BCUT2D eigenvalue weighted by Gasteiger charge is -1.84. The summed E-state index contributed by atoms with van der Waals surface area (Å²) in [7, 11) is 1.57. The summed E-state index contributed by atoms with van der Waals surface area (Å²) < 4.78 is 4.55. The Morgan fingerprint density at radius 1 is 1.71 bits per heavy atom. The molecule has 0 rings (SSSR count). The Labute approximate surface area is 54.0 Å². The van der Waals surface area contributed by atoms with E-state index in [-0.39, 0.29) is 17.4 Å². The first kappa shape index (κ1) is 10.2. The maximum absolute atomic E-state index is 9.48. The lowest BCUT2D eigenvalue weighted by molar-refractivity contribution is -0.108. The fourth-order valence-electron chi connectivity index (χ4n) is 0.166. The molecule has 2 nitrogen and oxygen atoms in total. The Hall–Kier alpha value is 0.162. The van der Waals surface area contributed by atoms with Crippen LogP contribution in [0.1, 0.15) is 6.42 Å². The van der Waals surface area contributed by atoms with Gasteiger partial charge in [0.15, 0.2) is 17.4 Å². The SMILES string of the molecule is COCCC=O.[AlH3]. The number of hydrogen-bond acceptors (Lipinski definition) is 2. The van der Waals surface area contributed by atoms with Crippen LogP contribution in [-0.2, 0) is 9.53 Å².